The van der Waals surface area contributed by atoms with Crippen LogP contribution in [0.5, 0.6) is 0 Å². The molecule has 0 aromatic heterocycles. The molecule has 1 aliphatic heterocycles. The maximum Gasteiger partial charge on any atom is 0.260 e. The van der Waals surface area contributed by atoms with Crippen molar-refractivity contribution in [2.24, 2.45) is 5.92 Å². The van der Waals surface area contributed by atoms with E-state index in [0.29, 0.717) is 24.8 Å². The van der Waals surface area contributed by atoms with Crippen molar-refractivity contribution in [3.8, 4) is 0 Å². The molecule has 37 heavy (non-hydrogen) atoms. The summed E-state index contributed by atoms with van der Waals surface area (Å²) in [5.41, 5.74) is 4.58. The topological polar surface area (TPSA) is 49.4 Å². The van der Waals surface area contributed by atoms with Crippen molar-refractivity contribution in [3.05, 3.63) is 112 Å². The summed E-state index contributed by atoms with van der Waals surface area (Å²) < 4.78 is 0. The Morgan fingerprint density at radius 3 is 2.46 bits per heavy atom. The van der Waals surface area contributed by atoms with Crippen molar-refractivity contribution in [2.45, 2.75) is 50.4 Å². The molecule has 190 valence electrons. The van der Waals surface area contributed by atoms with Gasteiger partial charge in [-0.2, -0.15) is 0 Å². The van der Waals surface area contributed by atoms with Crippen LogP contribution >= 0.6 is 11.8 Å². The van der Waals surface area contributed by atoms with Gasteiger partial charge in [-0.1, -0.05) is 90.5 Å². The van der Waals surface area contributed by atoms with E-state index in [1.54, 1.807) is 11.8 Å². The van der Waals surface area contributed by atoms with Crippen molar-refractivity contribution in [2.75, 3.05) is 6.54 Å². The van der Waals surface area contributed by atoms with Crippen LogP contribution in [-0.4, -0.2) is 34.6 Å². The smallest absolute Gasteiger partial charge is 0.260 e. The largest absolute Gasteiger partial charge is 0.356 e. The minimum Gasteiger partial charge on any atom is -0.356 e. The van der Waals surface area contributed by atoms with E-state index in [4.69, 9.17) is 0 Å². The van der Waals surface area contributed by atoms with Gasteiger partial charge in [-0.3, -0.25) is 9.59 Å². The number of aryl methyl sites for hydroxylation is 1. The highest BCUT2D eigenvalue weighted by atomic mass is 32.2. The molecule has 3 aromatic carbocycles. The Bertz CT molecular complexity index is 1260. The van der Waals surface area contributed by atoms with Gasteiger partial charge in [0, 0.05) is 30.3 Å². The summed E-state index contributed by atoms with van der Waals surface area (Å²) in [5, 5.41) is 3.46. The fourth-order valence-electron chi connectivity index (χ4n) is 5.44. The van der Waals surface area contributed by atoms with Crippen LogP contribution in [0.4, 0.5) is 0 Å². The molecule has 2 amide bonds. The Morgan fingerprint density at radius 2 is 1.70 bits per heavy atom. The second-order valence-corrected chi connectivity index (χ2v) is 11.4. The highest BCUT2D eigenvalue weighted by molar-refractivity contribution is 8.04. The van der Waals surface area contributed by atoms with Crippen LogP contribution < -0.4 is 5.32 Å². The third-order valence-electron chi connectivity index (χ3n) is 7.36. The molecular weight excluding hydrogens is 476 g/mol. The molecule has 4 nitrogen and oxygen atoms in total. The van der Waals surface area contributed by atoms with Crippen molar-refractivity contribution >= 4 is 29.7 Å². The number of benzene rings is 3. The number of amides is 2. The Hall–Kier alpha value is -3.31. The first-order valence-corrected chi connectivity index (χ1v) is 14.1. The Balaban J connectivity index is 1.32. The van der Waals surface area contributed by atoms with Crippen LogP contribution in [0.1, 0.15) is 41.5 Å². The first-order chi connectivity index (χ1) is 18.1. The van der Waals surface area contributed by atoms with Gasteiger partial charge in [0.1, 0.15) is 0 Å². The fraction of sp³-hybridized carbons (Fsp3) is 0.312. The van der Waals surface area contributed by atoms with Crippen molar-refractivity contribution in [1.82, 2.24) is 10.2 Å². The molecule has 1 saturated heterocycles. The first kappa shape index (κ1) is 25.3. The molecule has 3 atom stereocenters. The van der Waals surface area contributed by atoms with E-state index in [1.165, 1.54) is 11.1 Å². The fourth-order valence-corrected chi connectivity index (χ4v) is 6.86. The molecule has 0 spiro atoms. The third kappa shape index (κ3) is 6.34. The summed E-state index contributed by atoms with van der Waals surface area (Å²) in [7, 11) is 0. The second-order valence-electron chi connectivity index (χ2n) is 10.1. The second kappa shape index (κ2) is 11.8. The first-order valence-electron chi connectivity index (χ1n) is 13.2. The highest BCUT2D eigenvalue weighted by Gasteiger charge is 2.44. The van der Waals surface area contributed by atoms with Crippen LogP contribution in [0, 0.1) is 12.8 Å². The van der Waals surface area contributed by atoms with Crippen molar-refractivity contribution in [3.63, 3.8) is 0 Å². The molecule has 3 unspecified atom stereocenters. The number of fused-ring (bicyclic) bond motifs is 1. The number of carbonyl (C=O) groups excluding carboxylic acids is 2. The van der Waals surface area contributed by atoms with Crippen LogP contribution in [-0.2, 0) is 22.6 Å². The van der Waals surface area contributed by atoms with E-state index in [0.717, 1.165) is 35.3 Å². The zero-order valence-electron chi connectivity index (χ0n) is 21.3. The Kier molecular flexibility index (Phi) is 8.10. The standard InChI is InChI=1S/C32H34N2O2S/c1-23-9-8-14-26(19-23)22-34-28-21-27(31(35)33-18-17-24-10-4-2-5-11-24)15-16-29(28)37-30(32(34)36)20-25-12-6-3-7-13-25/h2-14,19-20,27-29H,15-18,21-22H2,1H3,(H,33,35)/b30-20-. The Labute approximate surface area is 224 Å². The van der Waals surface area contributed by atoms with E-state index in [2.05, 4.69) is 48.6 Å². The minimum absolute atomic E-state index is 0.0459. The van der Waals surface area contributed by atoms with Crippen LogP contribution in [0.2, 0.25) is 0 Å². The Morgan fingerprint density at radius 1 is 0.973 bits per heavy atom. The normalized spacial score (nSPS) is 22.5. The molecule has 1 saturated carbocycles. The molecular formula is C32H34N2O2S. The van der Waals surface area contributed by atoms with Crippen LogP contribution in [0.15, 0.2) is 89.8 Å². The van der Waals surface area contributed by atoms with E-state index < -0.39 is 0 Å². The van der Waals surface area contributed by atoms with E-state index in [1.807, 2.05) is 59.5 Å². The minimum atomic E-state index is -0.0647. The summed E-state index contributed by atoms with van der Waals surface area (Å²) in [4.78, 5) is 29.8. The average Bonchev–Trinajstić information content (AvgIpc) is 2.92. The van der Waals surface area contributed by atoms with E-state index in [9.17, 15) is 9.59 Å². The van der Waals surface area contributed by atoms with Crippen molar-refractivity contribution in [1.29, 1.82) is 0 Å². The van der Waals surface area contributed by atoms with Gasteiger partial charge in [0.25, 0.3) is 5.91 Å². The van der Waals surface area contributed by atoms with Gasteiger partial charge in [-0.05, 0) is 55.4 Å². The predicted molar refractivity (Wildman–Crippen MR) is 152 cm³/mol. The van der Waals surface area contributed by atoms with Gasteiger partial charge in [-0.15, -0.1) is 11.8 Å². The molecule has 5 rings (SSSR count). The lowest BCUT2D eigenvalue weighted by atomic mass is 9.83. The molecule has 1 aliphatic carbocycles. The summed E-state index contributed by atoms with van der Waals surface area (Å²) in [6.07, 6.45) is 5.35. The zero-order chi connectivity index (χ0) is 25.6. The van der Waals surface area contributed by atoms with Gasteiger partial charge < -0.3 is 10.2 Å². The maximum absolute atomic E-state index is 13.8. The quantitative estimate of drug-likeness (QED) is 0.396. The molecule has 0 bridgehead atoms. The number of carbonyl (C=O) groups is 2. The predicted octanol–water partition coefficient (Wildman–Crippen LogP) is 6.01. The molecule has 3 aromatic rings. The highest BCUT2D eigenvalue weighted by Crippen LogP contribution is 2.44. The van der Waals surface area contributed by atoms with Gasteiger partial charge in [0.05, 0.1) is 4.91 Å². The van der Waals surface area contributed by atoms with E-state index in [-0.39, 0.29) is 23.8 Å². The molecule has 0 radical (unpaired) electrons. The molecule has 5 heteroatoms. The number of nitrogens with zero attached hydrogens (tertiary/aromatic N) is 1. The summed E-state index contributed by atoms with van der Waals surface area (Å²) in [5.74, 6) is 0.125. The molecule has 1 N–H and O–H groups in total. The van der Waals surface area contributed by atoms with Gasteiger partial charge in [0.2, 0.25) is 5.91 Å². The zero-order valence-corrected chi connectivity index (χ0v) is 22.1. The monoisotopic (exact) mass is 510 g/mol. The number of thioether (sulfide) groups is 1. The van der Waals surface area contributed by atoms with Crippen molar-refractivity contribution < 1.29 is 9.59 Å². The van der Waals surface area contributed by atoms with Gasteiger partial charge >= 0.3 is 0 Å². The summed E-state index contributed by atoms with van der Waals surface area (Å²) in [6.45, 7) is 3.28. The molecule has 1 heterocycles. The van der Waals surface area contributed by atoms with Gasteiger partial charge in [-0.25, -0.2) is 0 Å². The third-order valence-corrected chi connectivity index (χ3v) is 8.76. The number of nitrogens with one attached hydrogen (secondary N) is 1. The lowest BCUT2D eigenvalue weighted by Crippen LogP contribution is -2.53. The van der Waals surface area contributed by atoms with Crippen LogP contribution in [0.25, 0.3) is 6.08 Å². The SMILES string of the molecule is Cc1cccc(CN2C(=O)/C(=C/c3ccccc3)SC3CCC(C(=O)NCCc4ccccc4)CC32)c1. The van der Waals surface area contributed by atoms with Gasteiger partial charge in [0.15, 0.2) is 0 Å². The summed E-state index contributed by atoms with van der Waals surface area (Å²) in [6, 6.07) is 28.7. The van der Waals surface area contributed by atoms with Crippen LogP contribution in [0.3, 0.4) is 0 Å². The number of hydrogen-bond donors (Lipinski definition) is 1. The lowest BCUT2D eigenvalue weighted by molar-refractivity contribution is -0.133. The average molecular weight is 511 g/mol. The maximum atomic E-state index is 13.8. The molecule has 2 fully saturated rings. The lowest BCUT2D eigenvalue weighted by Gasteiger charge is -2.46. The van der Waals surface area contributed by atoms with E-state index >= 15 is 0 Å². The summed E-state index contributed by atoms with van der Waals surface area (Å²) >= 11 is 1.70. The number of rotatable bonds is 7. The molecule has 2 aliphatic rings. The number of hydrogen-bond acceptors (Lipinski definition) is 3.